The van der Waals surface area contributed by atoms with Crippen molar-refractivity contribution in [2.24, 2.45) is 0 Å². The van der Waals surface area contributed by atoms with E-state index in [4.69, 9.17) is 9.84 Å². The SMILES string of the molecule is CCCCCC/C=C\C/C=C\CCCCCCCC(=O)OC(CCC/C=C\CCCCCCCCCC)CCCCCCCC(=O)NCC(=O)O. The number of ether oxygens (including phenoxy) is 1. The number of carboxylic acids is 1. The van der Waals surface area contributed by atoms with E-state index in [1.807, 2.05) is 0 Å². The van der Waals surface area contributed by atoms with E-state index in [9.17, 15) is 14.4 Å². The second-order valence-electron chi connectivity index (χ2n) is 14.6. The Kier molecular flexibility index (Phi) is 38.5. The van der Waals surface area contributed by atoms with Crippen LogP contribution in [0.15, 0.2) is 36.5 Å². The maximum absolute atomic E-state index is 12.7. The fourth-order valence-corrected chi connectivity index (χ4v) is 6.31. The summed E-state index contributed by atoms with van der Waals surface area (Å²) in [5.74, 6) is -1.26. The largest absolute Gasteiger partial charge is 0.480 e. The first-order chi connectivity index (χ1) is 25.0. The van der Waals surface area contributed by atoms with Gasteiger partial charge >= 0.3 is 11.9 Å². The van der Waals surface area contributed by atoms with Crippen LogP contribution in [-0.2, 0) is 19.1 Å². The molecule has 0 heterocycles. The molecule has 1 atom stereocenters. The van der Waals surface area contributed by atoms with E-state index < -0.39 is 5.97 Å². The van der Waals surface area contributed by atoms with Gasteiger partial charge in [0.15, 0.2) is 0 Å². The number of allylic oxidation sites excluding steroid dienone is 6. The minimum absolute atomic E-state index is 0.0110. The number of hydrogen-bond donors (Lipinski definition) is 2. The zero-order valence-corrected chi connectivity index (χ0v) is 33.5. The Morgan fingerprint density at radius 1 is 0.510 bits per heavy atom. The number of carbonyl (C=O) groups excluding carboxylic acids is 2. The molecule has 0 bridgehead atoms. The van der Waals surface area contributed by atoms with Crippen LogP contribution in [0.3, 0.4) is 0 Å². The van der Waals surface area contributed by atoms with Crippen LogP contribution in [0.1, 0.15) is 219 Å². The molecule has 296 valence electrons. The van der Waals surface area contributed by atoms with Crippen molar-refractivity contribution < 1.29 is 24.2 Å². The molecule has 6 heteroatoms. The van der Waals surface area contributed by atoms with Gasteiger partial charge in [-0.05, 0) is 89.9 Å². The molecule has 0 saturated carbocycles. The van der Waals surface area contributed by atoms with Crippen LogP contribution < -0.4 is 5.32 Å². The van der Waals surface area contributed by atoms with Gasteiger partial charge in [0.25, 0.3) is 0 Å². The van der Waals surface area contributed by atoms with Crippen LogP contribution in [0.4, 0.5) is 0 Å². The molecule has 0 aromatic heterocycles. The maximum Gasteiger partial charge on any atom is 0.322 e. The summed E-state index contributed by atoms with van der Waals surface area (Å²) in [7, 11) is 0. The minimum atomic E-state index is -1.02. The minimum Gasteiger partial charge on any atom is -0.480 e. The van der Waals surface area contributed by atoms with Crippen molar-refractivity contribution in [1.82, 2.24) is 5.32 Å². The zero-order chi connectivity index (χ0) is 37.3. The Bertz CT molecular complexity index is 880. The number of hydrogen-bond acceptors (Lipinski definition) is 4. The van der Waals surface area contributed by atoms with Crippen molar-refractivity contribution in [3.8, 4) is 0 Å². The topological polar surface area (TPSA) is 92.7 Å². The lowest BCUT2D eigenvalue weighted by Gasteiger charge is -2.18. The molecule has 51 heavy (non-hydrogen) atoms. The van der Waals surface area contributed by atoms with Gasteiger partial charge in [-0.3, -0.25) is 14.4 Å². The molecular formula is C45H81NO5. The zero-order valence-electron chi connectivity index (χ0n) is 33.5. The second kappa shape index (κ2) is 40.4. The third-order valence-corrected chi connectivity index (χ3v) is 9.53. The summed E-state index contributed by atoms with van der Waals surface area (Å²) >= 11 is 0. The summed E-state index contributed by atoms with van der Waals surface area (Å²) < 4.78 is 6.01. The molecule has 0 radical (unpaired) electrons. The fraction of sp³-hybridized carbons (Fsp3) is 0.800. The van der Waals surface area contributed by atoms with Gasteiger partial charge < -0.3 is 15.2 Å². The van der Waals surface area contributed by atoms with E-state index in [2.05, 4.69) is 55.6 Å². The van der Waals surface area contributed by atoms with Crippen LogP contribution in [0.25, 0.3) is 0 Å². The standard InChI is InChI=1S/C45H81NO5/c1-3-5-7-9-11-13-15-17-18-19-21-23-25-27-32-36-40-45(50)51-42(38-34-30-28-31-35-39-43(47)46-41-44(48)49)37-33-29-26-24-22-20-16-14-12-10-8-6-4-2/h13,15,18-19,24,26,42H,3-12,14,16-17,20-23,25,27-41H2,1-2H3,(H,46,47)(H,48,49)/b15-13-,19-18-,26-24-. The molecule has 0 rings (SSSR count). The highest BCUT2D eigenvalue weighted by molar-refractivity contribution is 5.80. The number of unbranched alkanes of at least 4 members (excludes halogenated alkanes) is 22. The van der Waals surface area contributed by atoms with Gasteiger partial charge in [0.05, 0.1) is 0 Å². The molecule has 0 saturated heterocycles. The molecule has 0 aliphatic carbocycles. The Hall–Kier alpha value is -2.37. The lowest BCUT2D eigenvalue weighted by molar-refractivity contribution is -0.150. The van der Waals surface area contributed by atoms with Crippen LogP contribution in [0.5, 0.6) is 0 Å². The Labute approximate surface area is 315 Å². The first-order valence-corrected chi connectivity index (χ1v) is 21.6. The number of esters is 1. The van der Waals surface area contributed by atoms with E-state index in [1.165, 1.54) is 109 Å². The lowest BCUT2D eigenvalue weighted by Crippen LogP contribution is -2.28. The summed E-state index contributed by atoms with van der Waals surface area (Å²) in [6.07, 6.45) is 49.8. The molecule has 0 aliphatic rings. The smallest absolute Gasteiger partial charge is 0.322 e. The van der Waals surface area contributed by atoms with Gasteiger partial charge in [0.2, 0.25) is 5.91 Å². The first-order valence-electron chi connectivity index (χ1n) is 21.6. The monoisotopic (exact) mass is 716 g/mol. The highest BCUT2D eigenvalue weighted by atomic mass is 16.5. The number of amides is 1. The van der Waals surface area contributed by atoms with Crippen LogP contribution in [0, 0.1) is 0 Å². The first kappa shape index (κ1) is 48.6. The van der Waals surface area contributed by atoms with Gasteiger partial charge in [0, 0.05) is 12.8 Å². The summed E-state index contributed by atoms with van der Waals surface area (Å²) in [6, 6.07) is 0. The predicted molar refractivity (Wildman–Crippen MR) is 217 cm³/mol. The Morgan fingerprint density at radius 3 is 1.47 bits per heavy atom. The summed E-state index contributed by atoms with van der Waals surface area (Å²) in [6.45, 7) is 4.21. The summed E-state index contributed by atoms with van der Waals surface area (Å²) in [5, 5.41) is 11.1. The van der Waals surface area contributed by atoms with Gasteiger partial charge in [-0.25, -0.2) is 0 Å². The molecule has 0 aliphatic heterocycles. The van der Waals surface area contributed by atoms with Crippen molar-refractivity contribution in [3.63, 3.8) is 0 Å². The van der Waals surface area contributed by atoms with Crippen molar-refractivity contribution >= 4 is 17.8 Å². The highest BCUT2D eigenvalue weighted by Crippen LogP contribution is 2.18. The number of nitrogens with one attached hydrogen (secondary N) is 1. The molecule has 0 aromatic rings. The molecule has 0 aromatic carbocycles. The summed E-state index contributed by atoms with van der Waals surface area (Å²) in [5.41, 5.74) is 0. The highest BCUT2D eigenvalue weighted by Gasteiger charge is 2.14. The van der Waals surface area contributed by atoms with E-state index in [-0.39, 0.29) is 24.5 Å². The van der Waals surface area contributed by atoms with Crippen LogP contribution in [0.2, 0.25) is 0 Å². The fourth-order valence-electron chi connectivity index (χ4n) is 6.31. The normalized spacial score (nSPS) is 12.4. The number of carbonyl (C=O) groups is 3. The number of rotatable bonds is 39. The van der Waals surface area contributed by atoms with E-state index in [0.717, 1.165) is 83.5 Å². The molecule has 1 unspecified atom stereocenters. The van der Waals surface area contributed by atoms with Crippen molar-refractivity contribution in [2.75, 3.05) is 6.54 Å². The third kappa shape index (κ3) is 40.3. The molecule has 6 nitrogen and oxygen atoms in total. The second-order valence-corrected chi connectivity index (χ2v) is 14.6. The predicted octanol–water partition coefficient (Wildman–Crippen LogP) is 13.3. The molecule has 1 amide bonds. The molecule has 0 spiro atoms. The Balaban J connectivity index is 4.23. The van der Waals surface area contributed by atoms with Crippen LogP contribution >= 0.6 is 0 Å². The van der Waals surface area contributed by atoms with Crippen molar-refractivity contribution in [3.05, 3.63) is 36.5 Å². The Morgan fingerprint density at radius 2 is 0.922 bits per heavy atom. The van der Waals surface area contributed by atoms with Crippen molar-refractivity contribution in [2.45, 2.75) is 225 Å². The van der Waals surface area contributed by atoms with E-state index >= 15 is 0 Å². The average molecular weight is 716 g/mol. The van der Waals surface area contributed by atoms with Gasteiger partial charge in [0.1, 0.15) is 12.6 Å². The lowest BCUT2D eigenvalue weighted by atomic mass is 10.0. The summed E-state index contributed by atoms with van der Waals surface area (Å²) in [4.78, 5) is 35.0. The van der Waals surface area contributed by atoms with Gasteiger partial charge in [-0.1, -0.05) is 153 Å². The third-order valence-electron chi connectivity index (χ3n) is 9.53. The van der Waals surface area contributed by atoms with Crippen molar-refractivity contribution in [1.29, 1.82) is 0 Å². The molecule has 0 fully saturated rings. The molecule has 2 N–H and O–H groups in total. The average Bonchev–Trinajstić information content (AvgIpc) is 3.11. The quantitative estimate of drug-likeness (QED) is 0.0375. The van der Waals surface area contributed by atoms with Gasteiger partial charge in [-0.15, -0.1) is 0 Å². The van der Waals surface area contributed by atoms with E-state index in [1.54, 1.807) is 0 Å². The molecular weight excluding hydrogens is 634 g/mol. The van der Waals surface area contributed by atoms with Gasteiger partial charge in [-0.2, -0.15) is 0 Å². The van der Waals surface area contributed by atoms with E-state index in [0.29, 0.717) is 12.8 Å². The number of carboxylic acid groups (broad SMARTS) is 1. The van der Waals surface area contributed by atoms with Crippen LogP contribution in [-0.4, -0.2) is 35.6 Å². The number of aliphatic carboxylic acids is 1. The maximum atomic E-state index is 12.7.